The van der Waals surface area contributed by atoms with E-state index < -0.39 is 0 Å². The summed E-state index contributed by atoms with van der Waals surface area (Å²) in [4.78, 5) is 13.4. The number of hydrogen-bond donors (Lipinski definition) is 0. The third-order valence-corrected chi connectivity index (χ3v) is 7.19. The van der Waals surface area contributed by atoms with E-state index in [1.807, 2.05) is 60.7 Å². The number of allylic oxidation sites excluding steroid dienone is 1. The van der Waals surface area contributed by atoms with Crippen LogP contribution in [0.4, 0.5) is 0 Å². The van der Waals surface area contributed by atoms with E-state index in [4.69, 9.17) is 39.9 Å². The molecule has 0 radical (unpaired) electrons. The maximum absolute atomic E-state index is 13.4. The predicted octanol–water partition coefficient (Wildman–Crippen LogP) is 8.48. The molecule has 176 valence electrons. The molecule has 35 heavy (non-hydrogen) atoms. The minimum atomic E-state index is -0.182. The number of carbonyl (C=O) groups excluding carboxylic acids is 1. The van der Waals surface area contributed by atoms with E-state index >= 15 is 0 Å². The Kier molecular flexibility index (Phi) is 7.10. The first-order chi connectivity index (χ1) is 17.0. The summed E-state index contributed by atoms with van der Waals surface area (Å²) in [5.41, 5.74) is 5.15. The van der Waals surface area contributed by atoms with Gasteiger partial charge in [-0.1, -0.05) is 71.2 Å². The fourth-order valence-corrected chi connectivity index (χ4v) is 5.13. The summed E-state index contributed by atoms with van der Waals surface area (Å²) in [6.45, 7) is 0. The average Bonchev–Trinajstić information content (AvgIpc) is 3.26. The molecular weight excluding hydrogens is 499 g/mol. The molecule has 1 aliphatic heterocycles. The lowest BCUT2D eigenvalue weighted by atomic mass is 9.77. The smallest absolute Gasteiger partial charge is 0.267 e. The van der Waals surface area contributed by atoms with Gasteiger partial charge in [-0.3, -0.25) is 4.79 Å². The Morgan fingerprint density at radius 2 is 1.40 bits per heavy atom. The molecule has 0 saturated heterocycles. The van der Waals surface area contributed by atoms with Crippen molar-refractivity contribution in [1.29, 1.82) is 0 Å². The van der Waals surface area contributed by atoms with Gasteiger partial charge >= 0.3 is 0 Å². The van der Waals surface area contributed by atoms with Crippen LogP contribution in [0.25, 0.3) is 12.2 Å². The summed E-state index contributed by atoms with van der Waals surface area (Å²) in [6.07, 6.45) is 8.47. The number of benzene rings is 3. The van der Waals surface area contributed by atoms with E-state index in [2.05, 4.69) is 6.08 Å². The lowest BCUT2D eigenvalue weighted by Gasteiger charge is -2.29. The number of amides is 1. The molecule has 1 aliphatic carbocycles. The van der Waals surface area contributed by atoms with E-state index in [0.29, 0.717) is 15.1 Å². The number of fused-ring (bicyclic) bond motifs is 1. The highest BCUT2D eigenvalue weighted by Crippen LogP contribution is 2.44. The van der Waals surface area contributed by atoms with Crippen molar-refractivity contribution in [2.24, 2.45) is 11.0 Å². The molecule has 6 heteroatoms. The molecule has 1 saturated carbocycles. The number of halogens is 3. The van der Waals surface area contributed by atoms with Gasteiger partial charge in [0.1, 0.15) is 0 Å². The summed E-state index contributed by atoms with van der Waals surface area (Å²) in [5, 5.41) is 8.58. The molecule has 1 fully saturated rings. The van der Waals surface area contributed by atoms with Gasteiger partial charge < -0.3 is 0 Å². The minimum absolute atomic E-state index is 0.122. The molecule has 3 aromatic carbocycles. The third-order valence-electron chi connectivity index (χ3n) is 6.44. The number of hydrazone groups is 1. The van der Waals surface area contributed by atoms with Gasteiger partial charge in [-0.25, -0.2) is 5.01 Å². The molecule has 2 atom stereocenters. The van der Waals surface area contributed by atoms with Crippen molar-refractivity contribution < 1.29 is 4.79 Å². The lowest BCUT2D eigenvalue weighted by Crippen LogP contribution is -2.30. The fraction of sp³-hybridized carbons (Fsp3) is 0.172. The zero-order valence-corrected chi connectivity index (χ0v) is 21.1. The van der Waals surface area contributed by atoms with E-state index in [0.717, 1.165) is 41.7 Å². The van der Waals surface area contributed by atoms with Crippen LogP contribution in [0.1, 0.15) is 42.0 Å². The summed E-state index contributed by atoms with van der Waals surface area (Å²) in [6, 6.07) is 22.7. The molecule has 0 N–H and O–H groups in total. The van der Waals surface area contributed by atoms with Gasteiger partial charge in [-0.05, 0) is 90.1 Å². The summed E-state index contributed by atoms with van der Waals surface area (Å²) < 4.78 is 0. The van der Waals surface area contributed by atoms with Crippen molar-refractivity contribution in [3.63, 3.8) is 0 Å². The second-order valence-electron chi connectivity index (χ2n) is 8.77. The highest BCUT2D eigenvalue weighted by Gasteiger charge is 2.43. The van der Waals surface area contributed by atoms with Gasteiger partial charge in [0.15, 0.2) is 0 Å². The molecule has 0 aromatic heterocycles. The first kappa shape index (κ1) is 23.9. The van der Waals surface area contributed by atoms with E-state index in [-0.39, 0.29) is 17.9 Å². The Morgan fingerprint density at radius 1 is 0.829 bits per heavy atom. The van der Waals surface area contributed by atoms with Gasteiger partial charge in [0.05, 0.1) is 11.8 Å². The van der Waals surface area contributed by atoms with Gasteiger partial charge in [0.2, 0.25) is 0 Å². The predicted molar refractivity (Wildman–Crippen MR) is 146 cm³/mol. The van der Waals surface area contributed by atoms with Crippen LogP contribution in [0.5, 0.6) is 0 Å². The fourth-order valence-electron chi connectivity index (χ4n) is 4.75. The molecule has 5 rings (SSSR count). The van der Waals surface area contributed by atoms with Crippen LogP contribution in [-0.2, 0) is 4.79 Å². The van der Waals surface area contributed by atoms with Gasteiger partial charge in [0.25, 0.3) is 5.91 Å². The Hall–Kier alpha value is -2.85. The minimum Gasteiger partial charge on any atom is -0.268 e. The van der Waals surface area contributed by atoms with Crippen LogP contribution < -0.4 is 0 Å². The molecule has 3 aromatic rings. The van der Waals surface area contributed by atoms with Crippen LogP contribution in [0.15, 0.2) is 89.5 Å². The Morgan fingerprint density at radius 3 is 2.03 bits per heavy atom. The van der Waals surface area contributed by atoms with Crippen molar-refractivity contribution in [2.45, 2.75) is 25.3 Å². The number of hydrogen-bond acceptors (Lipinski definition) is 2. The topological polar surface area (TPSA) is 32.7 Å². The van der Waals surface area contributed by atoms with Gasteiger partial charge in [0, 0.05) is 27.1 Å². The summed E-state index contributed by atoms with van der Waals surface area (Å²) in [5.74, 6) is -0.0380. The molecule has 0 unspecified atom stereocenters. The molecule has 0 bridgehead atoms. The Bertz CT molecular complexity index is 1310. The van der Waals surface area contributed by atoms with Crippen LogP contribution in [-0.4, -0.2) is 16.6 Å². The number of nitrogens with zero attached hydrogens (tertiary/aromatic N) is 2. The normalized spacial score (nSPS) is 20.8. The lowest BCUT2D eigenvalue weighted by molar-refractivity contribution is -0.128. The average molecular weight is 522 g/mol. The third kappa shape index (κ3) is 5.38. The maximum Gasteiger partial charge on any atom is 0.267 e. The van der Waals surface area contributed by atoms with Crippen LogP contribution >= 0.6 is 34.8 Å². The molecular formula is C29H23Cl3N2O. The molecule has 1 amide bonds. The molecule has 2 aliphatic rings. The summed E-state index contributed by atoms with van der Waals surface area (Å²) in [7, 11) is 0. The highest BCUT2D eigenvalue weighted by atomic mass is 35.5. The monoisotopic (exact) mass is 520 g/mol. The SMILES string of the molecule is O=C(/C=C/c1ccc(Cl)cc1)N1N=C2/C(=C/c3ccc(Cl)cc3)CCC[C@@H]2[C@H]1c1ccc(Cl)cc1. The van der Waals surface area contributed by atoms with E-state index in [1.165, 1.54) is 5.57 Å². The van der Waals surface area contributed by atoms with E-state index in [1.54, 1.807) is 29.3 Å². The van der Waals surface area contributed by atoms with Crippen molar-refractivity contribution in [2.75, 3.05) is 0 Å². The zero-order valence-electron chi connectivity index (χ0n) is 18.9. The van der Waals surface area contributed by atoms with Crippen molar-refractivity contribution >= 4 is 58.6 Å². The number of carbonyl (C=O) groups is 1. The zero-order chi connectivity index (χ0) is 24.4. The van der Waals surface area contributed by atoms with Gasteiger partial charge in [-0.15, -0.1) is 0 Å². The highest BCUT2D eigenvalue weighted by molar-refractivity contribution is 6.31. The quantitative estimate of drug-likeness (QED) is 0.317. The van der Waals surface area contributed by atoms with Crippen molar-refractivity contribution in [3.8, 4) is 0 Å². The molecule has 0 spiro atoms. The largest absolute Gasteiger partial charge is 0.268 e. The van der Waals surface area contributed by atoms with Crippen molar-refractivity contribution in [3.05, 3.63) is 116 Å². The van der Waals surface area contributed by atoms with Crippen LogP contribution in [0, 0.1) is 5.92 Å². The van der Waals surface area contributed by atoms with Crippen LogP contribution in [0.2, 0.25) is 15.1 Å². The van der Waals surface area contributed by atoms with Gasteiger partial charge in [-0.2, -0.15) is 5.10 Å². The Labute approximate surface area is 220 Å². The van der Waals surface area contributed by atoms with E-state index in [9.17, 15) is 4.79 Å². The standard InChI is InChI=1S/C29H23Cl3N2O/c30-23-11-4-19(5-12-23)8-17-27(35)34-29(21-9-15-25(32)16-10-21)26-3-1-2-22(28(26)33-34)18-20-6-13-24(31)14-7-20/h4-18,26,29H,1-3H2/b17-8+,22-18+/t26-,29+/m0/s1. The molecule has 1 heterocycles. The first-order valence-electron chi connectivity index (χ1n) is 11.6. The molecule has 3 nitrogen and oxygen atoms in total. The number of rotatable bonds is 4. The maximum atomic E-state index is 13.4. The van der Waals surface area contributed by atoms with Crippen LogP contribution in [0.3, 0.4) is 0 Å². The second kappa shape index (κ2) is 10.4. The second-order valence-corrected chi connectivity index (χ2v) is 10.1. The Balaban J connectivity index is 1.50. The summed E-state index contributed by atoms with van der Waals surface area (Å²) >= 11 is 18.2. The first-order valence-corrected chi connectivity index (χ1v) is 12.7. The van der Waals surface area contributed by atoms with Crippen molar-refractivity contribution in [1.82, 2.24) is 5.01 Å².